The van der Waals surface area contributed by atoms with Gasteiger partial charge in [-0.15, -0.1) is 0 Å². The monoisotopic (exact) mass is 192 g/mol. The number of phosphoric acid groups is 1. The van der Waals surface area contributed by atoms with Crippen LogP contribution in [-0.2, 0) is 13.9 Å². The standard InChI is InChI=1S/C3H7O5P.Ca/c1-2-3(4)8-9(5,6)7;/h2H2,1H3,(H2,5,6,7);/q;+2/p-2. The van der Waals surface area contributed by atoms with Crippen LogP contribution < -0.4 is 9.79 Å². The SMILES string of the molecule is CCC(=O)OP(=O)([O-])[O-].[Ca+2]. The van der Waals surface area contributed by atoms with Crippen molar-refractivity contribution in [2.45, 2.75) is 13.3 Å². The minimum Gasteiger partial charge on any atom is -0.780 e. The third-order valence-corrected chi connectivity index (χ3v) is 0.930. The summed E-state index contributed by atoms with van der Waals surface area (Å²) in [4.78, 5) is 29.3. The Balaban J connectivity index is 0. The summed E-state index contributed by atoms with van der Waals surface area (Å²) in [6.45, 7) is 1.39. The number of carbonyl (C=O) groups is 1. The van der Waals surface area contributed by atoms with E-state index < -0.39 is 13.8 Å². The molecule has 0 atom stereocenters. The predicted molar refractivity (Wildman–Crippen MR) is 29.7 cm³/mol. The van der Waals surface area contributed by atoms with Gasteiger partial charge in [-0.05, 0) is 0 Å². The van der Waals surface area contributed by atoms with Gasteiger partial charge < -0.3 is 18.9 Å². The Labute approximate surface area is 88.0 Å². The molecule has 0 aliphatic heterocycles. The van der Waals surface area contributed by atoms with Gasteiger partial charge in [0.1, 0.15) is 7.82 Å². The summed E-state index contributed by atoms with van der Waals surface area (Å²) >= 11 is 0. The maximum absolute atomic E-state index is 10.0. The molecule has 0 N–H and O–H groups in total. The summed E-state index contributed by atoms with van der Waals surface area (Å²) in [5, 5.41) is 0. The minimum absolute atomic E-state index is 0. The Morgan fingerprint density at radius 2 is 2.00 bits per heavy atom. The smallest absolute Gasteiger partial charge is 0.780 e. The minimum atomic E-state index is -5.09. The topological polar surface area (TPSA) is 89.5 Å². The molecule has 0 unspecified atom stereocenters. The summed E-state index contributed by atoms with van der Waals surface area (Å²) in [6, 6.07) is 0. The number of hydrogen-bond donors (Lipinski definition) is 0. The van der Waals surface area contributed by atoms with Gasteiger partial charge in [-0.2, -0.15) is 0 Å². The molecule has 54 valence electrons. The molecular weight excluding hydrogens is 187 g/mol. The quantitative estimate of drug-likeness (QED) is 0.387. The second-order valence-electron chi connectivity index (χ2n) is 1.26. The van der Waals surface area contributed by atoms with E-state index in [-0.39, 0.29) is 44.2 Å². The number of carbonyl (C=O) groups excluding carboxylic acids is 1. The normalized spacial score (nSPS) is 9.90. The van der Waals surface area contributed by atoms with Crippen LogP contribution >= 0.6 is 7.82 Å². The second kappa shape index (κ2) is 5.52. The summed E-state index contributed by atoms with van der Waals surface area (Å²) in [5.41, 5.74) is 0. The molecule has 0 radical (unpaired) electrons. The Hall–Kier alpha value is 0.880. The molecule has 0 spiro atoms. The van der Waals surface area contributed by atoms with E-state index in [0.717, 1.165) is 0 Å². The molecule has 0 aromatic rings. The first-order chi connectivity index (χ1) is 3.95. The fraction of sp³-hybridized carbons (Fsp3) is 0.667. The van der Waals surface area contributed by atoms with Crippen LogP contribution in [0.25, 0.3) is 0 Å². The van der Waals surface area contributed by atoms with Crippen molar-refractivity contribution in [3.8, 4) is 0 Å². The molecule has 0 aliphatic rings. The molecule has 7 heteroatoms. The molecule has 0 rings (SSSR count). The molecule has 10 heavy (non-hydrogen) atoms. The van der Waals surface area contributed by atoms with E-state index in [4.69, 9.17) is 0 Å². The number of phosphoric ester groups is 1. The van der Waals surface area contributed by atoms with Crippen molar-refractivity contribution in [1.82, 2.24) is 0 Å². The van der Waals surface area contributed by atoms with Crippen LogP contribution in [0.5, 0.6) is 0 Å². The van der Waals surface area contributed by atoms with Crippen molar-refractivity contribution >= 4 is 51.5 Å². The summed E-state index contributed by atoms with van der Waals surface area (Å²) in [5.74, 6) is -1.02. The summed E-state index contributed by atoms with van der Waals surface area (Å²) < 4.78 is 13.0. The first-order valence-corrected chi connectivity index (χ1v) is 3.66. The van der Waals surface area contributed by atoms with Gasteiger partial charge in [0.2, 0.25) is 0 Å². The van der Waals surface area contributed by atoms with Gasteiger partial charge >= 0.3 is 43.7 Å². The van der Waals surface area contributed by atoms with E-state index in [1.54, 1.807) is 0 Å². The van der Waals surface area contributed by atoms with Crippen LogP contribution in [0.3, 0.4) is 0 Å². The van der Waals surface area contributed by atoms with Crippen molar-refractivity contribution in [1.29, 1.82) is 0 Å². The Morgan fingerprint density at radius 1 is 1.60 bits per heavy atom. The van der Waals surface area contributed by atoms with Gasteiger partial charge in [-0.3, -0.25) is 4.79 Å². The van der Waals surface area contributed by atoms with Crippen molar-refractivity contribution < 1.29 is 23.7 Å². The average Bonchev–Trinajstić information content (AvgIpc) is 1.62. The zero-order chi connectivity index (χ0) is 7.49. The van der Waals surface area contributed by atoms with E-state index in [9.17, 15) is 19.1 Å². The summed E-state index contributed by atoms with van der Waals surface area (Å²) in [7, 11) is -5.09. The third-order valence-electron chi connectivity index (χ3n) is 0.502. The Morgan fingerprint density at radius 3 is 2.10 bits per heavy atom. The molecule has 0 saturated heterocycles. The number of rotatable bonds is 2. The van der Waals surface area contributed by atoms with E-state index in [0.29, 0.717) is 0 Å². The van der Waals surface area contributed by atoms with Gasteiger partial charge in [0.15, 0.2) is 0 Å². The van der Waals surface area contributed by atoms with E-state index in [2.05, 4.69) is 4.52 Å². The Kier molecular flexibility index (Phi) is 7.43. The maximum Gasteiger partial charge on any atom is 2.00 e. The largest absolute Gasteiger partial charge is 2.00 e. The van der Waals surface area contributed by atoms with Crippen molar-refractivity contribution in [2.24, 2.45) is 0 Å². The fourth-order valence-corrected chi connectivity index (χ4v) is 0.568. The molecule has 0 aromatic carbocycles. The molecular formula is C3H5CaO5P. The molecule has 0 aromatic heterocycles. The van der Waals surface area contributed by atoms with E-state index >= 15 is 0 Å². The van der Waals surface area contributed by atoms with E-state index in [1.807, 2.05) is 0 Å². The van der Waals surface area contributed by atoms with Crippen molar-refractivity contribution in [3.05, 3.63) is 0 Å². The average molecular weight is 192 g/mol. The van der Waals surface area contributed by atoms with Crippen LogP contribution in [0, 0.1) is 0 Å². The molecule has 0 amide bonds. The first kappa shape index (κ1) is 13.5. The Bertz CT molecular complexity index is 151. The van der Waals surface area contributed by atoms with E-state index in [1.165, 1.54) is 6.92 Å². The van der Waals surface area contributed by atoms with Gasteiger partial charge in [-0.1, -0.05) is 6.92 Å². The second-order valence-corrected chi connectivity index (χ2v) is 2.34. The number of hydrogen-bond acceptors (Lipinski definition) is 5. The molecule has 0 saturated carbocycles. The molecule has 0 fully saturated rings. The van der Waals surface area contributed by atoms with Gasteiger partial charge in [0, 0.05) is 6.42 Å². The molecule has 0 aliphatic carbocycles. The van der Waals surface area contributed by atoms with Crippen LogP contribution in [0.4, 0.5) is 0 Å². The third kappa shape index (κ3) is 8.88. The van der Waals surface area contributed by atoms with Crippen molar-refractivity contribution in [2.75, 3.05) is 0 Å². The zero-order valence-electron chi connectivity index (χ0n) is 5.40. The van der Waals surface area contributed by atoms with Gasteiger partial charge in [0.25, 0.3) is 0 Å². The predicted octanol–water partition coefficient (Wildman–Crippen LogP) is -1.61. The zero-order valence-corrected chi connectivity index (χ0v) is 8.51. The van der Waals surface area contributed by atoms with Gasteiger partial charge in [0.05, 0.1) is 0 Å². The van der Waals surface area contributed by atoms with Crippen LogP contribution in [0.1, 0.15) is 13.3 Å². The molecule has 5 nitrogen and oxygen atoms in total. The molecule has 0 heterocycles. The maximum atomic E-state index is 10.0. The van der Waals surface area contributed by atoms with Crippen molar-refractivity contribution in [3.63, 3.8) is 0 Å². The van der Waals surface area contributed by atoms with Crippen LogP contribution in [0.2, 0.25) is 0 Å². The fourth-order valence-electron chi connectivity index (χ4n) is 0.189. The summed E-state index contributed by atoms with van der Waals surface area (Å²) in [6.07, 6.45) is -0.117. The van der Waals surface area contributed by atoms with Crippen LogP contribution in [0.15, 0.2) is 0 Å². The van der Waals surface area contributed by atoms with Crippen LogP contribution in [-0.4, -0.2) is 43.7 Å². The first-order valence-electron chi connectivity index (χ1n) is 2.20. The molecule has 0 bridgehead atoms. The van der Waals surface area contributed by atoms with Gasteiger partial charge in [-0.25, -0.2) is 0 Å².